The van der Waals surface area contributed by atoms with Gasteiger partial charge in [-0.05, 0) is 12.1 Å². The topological polar surface area (TPSA) is 31.4 Å². The molecule has 0 bridgehead atoms. The second-order valence-electron chi connectivity index (χ2n) is 4.23. The van der Waals surface area contributed by atoms with Crippen LogP contribution in [0.2, 0.25) is 0 Å². The normalized spacial score (nSPS) is 26.9. The van der Waals surface area contributed by atoms with Crippen LogP contribution in [-0.2, 0) is 9.47 Å². The molecule has 2 heterocycles. The molecule has 3 heteroatoms. The molecule has 0 atom stereocenters. The van der Waals surface area contributed by atoms with Gasteiger partial charge in [-0.1, -0.05) is 19.9 Å². The number of hydrogen-bond acceptors (Lipinski definition) is 3. The molecule has 1 aromatic rings. The SMILES string of the molecule is CC(C)C1OCC(c2ccccn2)CO1. The summed E-state index contributed by atoms with van der Waals surface area (Å²) in [5, 5.41) is 0. The number of nitrogens with zero attached hydrogens (tertiary/aromatic N) is 1. The fraction of sp³-hybridized carbons (Fsp3) is 0.583. The molecule has 0 amide bonds. The van der Waals surface area contributed by atoms with E-state index >= 15 is 0 Å². The molecule has 0 N–H and O–H groups in total. The number of hydrogen-bond donors (Lipinski definition) is 0. The lowest BCUT2D eigenvalue weighted by Gasteiger charge is -2.31. The van der Waals surface area contributed by atoms with Gasteiger partial charge in [0.05, 0.1) is 13.2 Å². The molecule has 82 valence electrons. The van der Waals surface area contributed by atoms with E-state index in [2.05, 4.69) is 18.8 Å². The fourth-order valence-corrected chi connectivity index (χ4v) is 1.69. The van der Waals surface area contributed by atoms with Crippen LogP contribution in [0.3, 0.4) is 0 Å². The molecule has 0 unspecified atom stereocenters. The van der Waals surface area contributed by atoms with E-state index in [0.29, 0.717) is 19.1 Å². The molecule has 3 nitrogen and oxygen atoms in total. The Morgan fingerprint density at radius 2 is 2.00 bits per heavy atom. The van der Waals surface area contributed by atoms with Gasteiger partial charge in [0, 0.05) is 23.7 Å². The zero-order valence-electron chi connectivity index (χ0n) is 9.22. The quantitative estimate of drug-likeness (QED) is 0.745. The maximum atomic E-state index is 5.64. The molecule has 0 spiro atoms. The minimum absolute atomic E-state index is 0.0510. The largest absolute Gasteiger partial charge is 0.352 e. The number of rotatable bonds is 2. The Kier molecular flexibility index (Phi) is 3.34. The van der Waals surface area contributed by atoms with E-state index in [1.807, 2.05) is 24.4 Å². The summed E-state index contributed by atoms with van der Waals surface area (Å²) in [7, 11) is 0. The van der Waals surface area contributed by atoms with Crippen LogP contribution < -0.4 is 0 Å². The molecule has 15 heavy (non-hydrogen) atoms. The van der Waals surface area contributed by atoms with Crippen molar-refractivity contribution >= 4 is 0 Å². The average Bonchev–Trinajstić information content (AvgIpc) is 2.30. The van der Waals surface area contributed by atoms with Crippen LogP contribution in [0.25, 0.3) is 0 Å². The smallest absolute Gasteiger partial charge is 0.159 e. The van der Waals surface area contributed by atoms with Gasteiger partial charge in [0.2, 0.25) is 0 Å². The van der Waals surface area contributed by atoms with Crippen molar-refractivity contribution in [1.82, 2.24) is 4.98 Å². The summed E-state index contributed by atoms with van der Waals surface area (Å²) < 4.78 is 11.3. The zero-order chi connectivity index (χ0) is 10.7. The Labute approximate surface area is 90.4 Å². The van der Waals surface area contributed by atoms with Crippen molar-refractivity contribution in [2.24, 2.45) is 5.92 Å². The van der Waals surface area contributed by atoms with Gasteiger partial charge in [-0.15, -0.1) is 0 Å². The van der Waals surface area contributed by atoms with Crippen LogP contribution in [0.4, 0.5) is 0 Å². The third-order valence-electron chi connectivity index (χ3n) is 2.57. The summed E-state index contributed by atoms with van der Waals surface area (Å²) in [5.41, 5.74) is 1.06. The predicted octanol–water partition coefficient (Wildman–Crippen LogP) is 2.19. The third-order valence-corrected chi connectivity index (χ3v) is 2.57. The summed E-state index contributed by atoms with van der Waals surface area (Å²) >= 11 is 0. The minimum Gasteiger partial charge on any atom is -0.352 e. The second-order valence-corrected chi connectivity index (χ2v) is 4.23. The molecule has 1 aliphatic rings. The van der Waals surface area contributed by atoms with Crippen molar-refractivity contribution in [1.29, 1.82) is 0 Å². The third kappa shape index (κ3) is 2.55. The highest BCUT2D eigenvalue weighted by Gasteiger charge is 2.25. The molecule has 0 aromatic carbocycles. The molecule has 0 aliphatic carbocycles. The summed E-state index contributed by atoms with van der Waals surface area (Å²) in [4.78, 5) is 4.31. The molecular formula is C12H17NO2. The van der Waals surface area contributed by atoms with Crippen LogP contribution in [0.1, 0.15) is 25.5 Å². The monoisotopic (exact) mass is 207 g/mol. The predicted molar refractivity (Wildman–Crippen MR) is 57.5 cm³/mol. The highest BCUT2D eigenvalue weighted by Crippen LogP contribution is 2.23. The molecule has 0 radical (unpaired) electrons. The van der Waals surface area contributed by atoms with E-state index in [0.717, 1.165) is 5.69 Å². The van der Waals surface area contributed by atoms with Crippen molar-refractivity contribution in [3.63, 3.8) is 0 Å². The van der Waals surface area contributed by atoms with E-state index in [1.54, 1.807) is 0 Å². The van der Waals surface area contributed by atoms with Crippen LogP contribution in [0, 0.1) is 5.92 Å². The molecular weight excluding hydrogens is 190 g/mol. The standard InChI is InChI=1S/C12H17NO2/c1-9(2)12-14-7-10(8-15-12)11-5-3-4-6-13-11/h3-6,9-10,12H,7-8H2,1-2H3. The minimum atomic E-state index is -0.0510. The first-order chi connectivity index (χ1) is 7.27. The van der Waals surface area contributed by atoms with Crippen molar-refractivity contribution in [3.8, 4) is 0 Å². The number of ether oxygens (including phenoxy) is 2. The van der Waals surface area contributed by atoms with Crippen LogP contribution >= 0.6 is 0 Å². The number of pyridine rings is 1. The molecule has 1 aliphatic heterocycles. The molecule has 1 saturated heterocycles. The first kappa shape index (κ1) is 10.6. The maximum absolute atomic E-state index is 5.64. The highest BCUT2D eigenvalue weighted by molar-refractivity contribution is 5.10. The molecule has 1 aromatic heterocycles. The fourth-order valence-electron chi connectivity index (χ4n) is 1.69. The average molecular weight is 207 g/mol. The van der Waals surface area contributed by atoms with Crippen molar-refractivity contribution < 1.29 is 9.47 Å². The lowest BCUT2D eigenvalue weighted by molar-refractivity contribution is -0.207. The summed E-state index contributed by atoms with van der Waals surface area (Å²) in [6.45, 7) is 5.62. The van der Waals surface area contributed by atoms with E-state index < -0.39 is 0 Å². The van der Waals surface area contributed by atoms with E-state index in [4.69, 9.17) is 9.47 Å². The van der Waals surface area contributed by atoms with Gasteiger partial charge in [-0.25, -0.2) is 0 Å². The Balaban J connectivity index is 1.94. The zero-order valence-corrected chi connectivity index (χ0v) is 9.22. The highest BCUT2D eigenvalue weighted by atomic mass is 16.7. The first-order valence-electron chi connectivity index (χ1n) is 5.41. The van der Waals surface area contributed by atoms with Crippen LogP contribution in [-0.4, -0.2) is 24.5 Å². The van der Waals surface area contributed by atoms with Gasteiger partial charge < -0.3 is 9.47 Å². The maximum Gasteiger partial charge on any atom is 0.159 e. The van der Waals surface area contributed by atoms with Gasteiger partial charge in [0.25, 0.3) is 0 Å². The van der Waals surface area contributed by atoms with Crippen molar-refractivity contribution in [2.75, 3.05) is 13.2 Å². The Morgan fingerprint density at radius 3 is 2.53 bits per heavy atom. The Morgan fingerprint density at radius 1 is 1.27 bits per heavy atom. The van der Waals surface area contributed by atoms with E-state index in [1.165, 1.54) is 0 Å². The molecule has 0 saturated carbocycles. The van der Waals surface area contributed by atoms with E-state index in [-0.39, 0.29) is 12.2 Å². The lowest BCUT2D eigenvalue weighted by atomic mass is 10.1. The lowest BCUT2D eigenvalue weighted by Crippen LogP contribution is -2.34. The van der Waals surface area contributed by atoms with Gasteiger partial charge in [-0.3, -0.25) is 4.98 Å². The van der Waals surface area contributed by atoms with Crippen molar-refractivity contribution in [2.45, 2.75) is 26.1 Å². The summed E-state index contributed by atoms with van der Waals surface area (Å²) in [6, 6.07) is 5.94. The van der Waals surface area contributed by atoms with Crippen molar-refractivity contribution in [3.05, 3.63) is 30.1 Å². The van der Waals surface area contributed by atoms with Gasteiger partial charge in [0.15, 0.2) is 6.29 Å². The van der Waals surface area contributed by atoms with E-state index in [9.17, 15) is 0 Å². The van der Waals surface area contributed by atoms with Crippen LogP contribution in [0.15, 0.2) is 24.4 Å². The Bertz CT molecular complexity index is 292. The number of aromatic nitrogens is 1. The Hall–Kier alpha value is -0.930. The molecule has 1 fully saturated rings. The second kappa shape index (κ2) is 4.73. The van der Waals surface area contributed by atoms with Crippen LogP contribution in [0.5, 0.6) is 0 Å². The van der Waals surface area contributed by atoms with Gasteiger partial charge in [-0.2, -0.15) is 0 Å². The van der Waals surface area contributed by atoms with Gasteiger partial charge in [0.1, 0.15) is 0 Å². The molecule has 2 rings (SSSR count). The summed E-state index contributed by atoms with van der Waals surface area (Å²) in [6.07, 6.45) is 1.76. The van der Waals surface area contributed by atoms with Gasteiger partial charge >= 0.3 is 0 Å². The summed E-state index contributed by atoms with van der Waals surface area (Å²) in [5.74, 6) is 0.691. The first-order valence-corrected chi connectivity index (χ1v) is 5.41.